The van der Waals surface area contributed by atoms with E-state index in [1.165, 1.54) is 6.33 Å². The second kappa shape index (κ2) is 8.08. The van der Waals surface area contributed by atoms with Crippen LogP contribution in [0.1, 0.15) is 18.5 Å². The first-order valence-electron chi connectivity index (χ1n) is 9.18. The molecule has 0 spiro atoms. The molecule has 2 aromatic carbocycles. The predicted octanol–water partition coefficient (Wildman–Crippen LogP) is 3.88. The van der Waals surface area contributed by atoms with Crippen molar-refractivity contribution < 1.29 is 14.3 Å². The number of para-hydroxylation sites is 1. The molecule has 1 aliphatic heterocycles. The maximum absolute atomic E-state index is 13.4. The summed E-state index contributed by atoms with van der Waals surface area (Å²) in [4.78, 5) is 17.7. The number of anilines is 2. The van der Waals surface area contributed by atoms with Gasteiger partial charge in [-0.1, -0.05) is 23.7 Å². The molecule has 2 heterocycles. The van der Waals surface area contributed by atoms with E-state index in [1.54, 1.807) is 55.3 Å². The summed E-state index contributed by atoms with van der Waals surface area (Å²) in [5, 5.41) is 10.8. The fourth-order valence-corrected chi connectivity index (χ4v) is 3.66. The Hall–Kier alpha value is -3.52. The van der Waals surface area contributed by atoms with Gasteiger partial charge in [0.15, 0.2) is 0 Å². The van der Waals surface area contributed by atoms with E-state index in [1.807, 2.05) is 13.0 Å². The minimum atomic E-state index is -0.587. The van der Waals surface area contributed by atoms with Crippen LogP contribution in [0.3, 0.4) is 0 Å². The number of nitrogens with zero attached hydrogens (tertiary/aromatic N) is 3. The largest absolute Gasteiger partial charge is 0.497 e. The quantitative estimate of drug-likeness (QED) is 0.644. The van der Waals surface area contributed by atoms with Gasteiger partial charge in [-0.05, 0) is 37.3 Å². The third-order valence-corrected chi connectivity index (χ3v) is 5.22. The number of halogens is 1. The van der Waals surface area contributed by atoms with Crippen molar-refractivity contribution in [1.29, 1.82) is 0 Å². The highest BCUT2D eigenvalue weighted by molar-refractivity contribution is 6.33. The number of benzene rings is 2. The van der Waals surface area contributed by atoms with Gasteiger partial charge < -0.3 is 20.1 Å². The van der Waals surface area contributed by atoms with Crippen LogP contribution in [0.5, 0.6) is 11.5 Å². The molecule has 0 unspecified atom stereocenters. The smallest absolute Gasteiger partial charge is 0.255 e. The molecule has 1 atom stereocenters. The van der Waals surface area contributed by atoms with Crippen molar-refractivity contribution in [2.75, 3.05) is 24.9 Å². The fraction of sp³-hybridized carbons (Fsp3) is 0.190. The summed E-state index contributed by atoms with van der Waals surface area (Å²) in [7, 11) is 3.16. The summed E-state index contributed by atoms with van der Waals surface area (Å²) >= 11 is 6.24. The van der Waals surface area contributed by atoms with Gasteiger partial charge in [-0.2, -0.15) is 10.1 Å². The zero-order valence-corrected chi connectivity index (χ0v) is 17.4. The van der Waals surface area contributed by atoms with Gasteiger partial charge in [0, 0.05) is 11.3 Å². The van der Waals surface area contributed by atoms with Crippen LogP contribution in [0, 0.1) is 0 Å². The molecule has 30 heavy (non-hydrogen) atoms. The lowest BCUT2D eigenvalue weighted by molar-refractivity contribution is -0.113. The molecule has 0 fully saturated rings. The number of hydrogen-bond donors (Lipinski definition) is 2. The Kier molecular flexibility index (Phi) is 5.33. The van der Waals surface area contributed by atoms with Gasteiger partial charge in [-0.3, -0.25) is 4.79 Å². The molecule has 1 amide bonds. The normalized spacial score (nSPS) is 15.3. The number of aromatic nitrogens is 3. The molecule has 2 N–H and O–H groups in total. The molecular formula is C21H20ClN5O3. The molecule has 1 aliphatic rings. The van der Waals surface area contributed by atoms with Crippen LogP contribution in [-0.4, -0.2) is 34.9 Å². The molecule has 0 radical (unpaired) electrons. The number of rotatable bonds is 5. The summed E-state index contributed by atoms with van der Waals surface area (Å²) in [6.07, 6.45) is 1.43. The van der Waals surface area contributed by atoms with E-state index < -0.39 is 6.04 Å². The van der Waals surface area contributed by atoms with Gasteiger partial charge in [0.25, 0.3) is 5.91 Å². The summed E-state index contributed by atoms with van der Waals surface area (Å²) in [5.41, 5.74) is 2.34. The summed E-state index contributed by atoms with van der Waals surface area (Å²) < 4.78 is 12.6. The van der Waals surface area contributed by atoms with E-state index in [-0.39, 0.29) is 5.91 Å². The van der Waals surface area contributed by atoms with Crippen molar-refractivity contribution in [2.24, 2.45) is 0 Å². The first kappa shape index (κ1) is 19.8. The lowest BCUT2D eigenvalue weighted by Gasteiger charge is -2.29. The lowest BCUT2D eigenvalue weighted by Crippen LogP contribution is -2.31. The van der Waals surface area contributed by atoms with E-state index in [9.17, 15) is 4.79 Å². The minimum Gasteiger partial charge on any atom is -0.497 e. The Morgan fingerprint density at radius 2 is 2.00 bits per heavy atom. The number of ether oxygens (including phenoxy) is 2. The van der Waals surface area contributed by atoms with Gasteiger partial charge in [-0.25, -0.2) is 4.68 Å². The second-order valence-corrected chi connectivity index (χ2v) is 7.04. The number of hydrogen-bond acceptors (Lipinski definition) is 6. The van der Waals surface area contributed by atoms with Gasteiger partial charge >= 0.3 is 0 Å². The monoisotopic (exact) mass is 425 g/mol. The maximum atomic E-state index is 13.4. The Balaban J connectivity index is 1.84. The molecule has 1 aromatic heterocycles. The molecule has 4 rings (SSSR count). The SMILES string of the molecule is COc1ccc(OC)c([C@H]2C(C(=O)Nc3ccccc3Cl)=C(C)Nc3ncnn32)c1. The average molecular weight is 426 g/mol. The zero-order valence-electron chi connectivity index (χ0n) is 16.6. The molecule has 9 heteroatoms. The van der Waals surface area contributed by atoms with E-state index in [0.717, 1.165) is 0 Å². The number of amides is 1. The number of methoxy groups -OCH3 is 2. The van der Waals surface area contributed by atoms with Gasteiger partial charge in [0.05, 0.1) is 30.5 Å². The Bertz CT molecular complexity index is 1140. The fourth-order valence-electron chi connectivity index (χ4n) is 3.48. The first-order valence-corrected chi connectivity index (χ1v) is 9.56. The van der Waals surface area contributed by atoms with Crippen LogP contribution in [0.2, 0.25) is 5.02 Å². The standard InChI is InChI=1S/C21H20ClN5O3/c1-12-18(20(28)26-16-7-5-4-6-15(16)22)19(27-21(25-12)23-11-24-27)14-10-13(29-2)8-9-17(14)30-3/h4-11,19H,1-3H3,(H,26,28)(H,23,24,25)/t19-/m0/s1. The third-order valence-electron chi connectivity index (χ3n) is 4.89. The zero-order chi connectivity index (χ0) is 21.3. The number of carbonyl (C=O) groups is 1. The van der Waals surface area contributed by atoms with E-state index >= 15 is 0 Å². The van der Waals surface area contributed by atoms with Crippen LogP contribution in [0.15, 0.2) is 60.1 Å². The van der Waals surface area contributed by atoms with Crippen molar-refractivity contribution >= 4 is 29.1 Å². The van der Waals surface area contributed by atoms with Crippen molar-refractivity contribution in [3.05, 3.63) is 70.6 Å². The summed E-state index contributed by atoms with van der Waals surface area (Å²) in [6.45, 7) is 1.82. The number of allylic oxidation sites excluding steroid dienone is 1. The molecule has 0 aliphatic carbocycles. The van der Waals surface area contributed by atoms with Gasteiger partial charge in [0.2, 0.25) is 5.95 Å². The van der Waals surface area contributed by atoms with Crippen LogP contribution >= 0.6 is 11.6 Å². The summed E-state index contributed by atoms with van der Waals surface area (Å²) in [6, 6.07) is 11.9. The number of carbonyl (C=O) groups excluding carboxylic acids is 1. The average Bonchev–Trinajstić information content (AvgIpc) is 3.21. The van der Waals surface area contributed by atoms with E-state index in [2.05, 4.69) is 20.7 Å². The predicted molar refractivity (Wildman–Crippen MR) is 114 cm³/mol. The van der Waals surface area contributed by atoms with E-state index in [0.29, 0.717) is 45.0 Å². The van der Waals surface area contributed by atoms with E-state index in [4.69, 9.17) is 21.1 Å². The van der Waals surface area contributed by atoms with Gasteiger partial charge in [0.1, 0.15) is 23.9 Å². The lowest BCUT2D eigenvalue weighted by atomic mass is 9.94. The highest BCUT2D eigenvalue weighted by Gasteiger charge is 2.35. The van der Waals surface area contributed by atoms with Crippen LogP contribution in [0.4, 0.5) is 11.6 Å². The highest BCUT2D eigenvalue weighted by atomic mass is 35.5. The molecule has 0 bridgehead atoms. The molecule has 8 nitrogen and oxygen atoms in total. The highest BCUT2D eigenvalue weighted by Crippen LogP contribution is 2.40. The second-order valence-electron chi connectivity index (χ2n) is 6.64. The van der Waals surface area contributed by atoms with Crippen molar-refractivity contribution in [2.45, 2.75) is 13.0 Å². The molecule has 0 saturated carbocycles. The van der Waals surface area contributed by atoms with Crippen molar-refractivity contribution in [3.63, 3.8) is 0 Å². The molecule has 3 aromatic rings. The Labute approximate surface area is 178 Å². The van der Waals surface area contributed by atoms with Crippen molar-refractivity contribution in [3.8, 4) is 11.5 Å². The first-order chi connectivity index (χ1) is 14.5. The molecule has 154 valence electrons. The number of nitrogens with one attached hydrogen (secondary N) is 2. The molecular weight excluding hydrogens is 406 g/mol. The van der Waals surface area contributed by atoms with Crippen LogP contribution in [0.25, 0.3) is 0 Å². The topological polar surface area (TPSA) is 90.3 Å². The molecule has 0 saturated heterocycles. The number of fused-ring (bicyclic) bond motifs is 1. The Morgan fingerprint density at radius 1 is 1.20 bits per heavy atom. The third kappa shape index (κ3) is 3.46. The van der Waals surface area contributed by atoms with Gasteiger partial charge in [-0.15, -0.1) is 0 Å². The summed E-state index contributed by atoms with van der Waals surface area (Å²) in [5.74, 6) is 1.44. The minimum absolute atomic E-state index is 0.316. The van der Waals surface area contributed by atoms with Crippen molar-refractivity contribution in [1.82, 2.24) is 14.8 Å². The van der Waals surface area contributed by atoms with Crippen LogP contribution in [-0.2, 0) is 4.79 Å². The Morgan fingerprint density at radius 3 is 2.73 bits per heavy atom. The maximum Gasteiger partial charge on any atom is 0.255 e. The van der Waals surface area contributed by atoms with Crippen LogP contribution < -0.4 is 20.1 Å².